The number of carbonyl (C=O) groups excluding carboxylic acids is 2. The molecule has 0 aromatic heterocycles. The zero-order chi connectivity index (χ0) is 16.9. The van der Waals surface area contributed by atoms with Gasteiger partial charge in [-0.25, -0.2) is 0 Å². The van der Waals surface area contributed by atoms with Gasteiger partial charge in [-0.3, -0.25) is 9.59 Å². The highest BCUT2D eigenvalue weighted by molar-refractivity contribution is 5.96. The van der Waals surface area contributed by atoms with Crippen LogP contribution < -0.4 is 10.6 Å². The minimum absolute atomic E-state index is 0.00336. The van der Waals surface area contributed by atoms with Crippen LogP contribution in [-0.2, 0) is 4.79 Å². The standard InChI is InChI=1S/C19H20N2O3/c22-16-8-4-7-15(11-16)19(24)20-12-17(23)21-18(14-9-10-14)13-5-2-1-3-6-13/h1-8,11,14,18,22H,9-10,12H2,(H,20,24)(H,21,23)/t18-/m0/s1. The van der Waals surface area contributed by atoms with Crippen molar-refractivity contribution >= 4 is 11.8 Å². The molecule has 1 atom stereocenters. The summed E-state index contributed by atoms with van der Waals surface area (Å²) in [5.41, 5.74) is 1.41. The zero-order valence-corrected chi connectivity index (χ0v) is 13.2. The predicted octanol–water partition coefficient (Wildman–Crippen LogP) is 2.39. The Morgan fingerprint density at radius 3 is 2.50 bits per heavy atom. The van der Waals surface area contributed by atoms with Gasteiger partial charge in [0.05, 0.1) is 12.6 Å². The largest absolute Gasteiger partial charge is 0.508 e. The quantitative estimate of drug-likeness (QED) is 0.763. The number of phenolic OH excluding ortho intramolecular Hbond substituents is 1. The maximum atomic E-state index is 12.2. The number of nitrogens with one attached hydrogen (secondary N) is 2. The van der Waals surface area contributed by atoms with Crippen LogP contribution in [0.25, 0.3) is 0 Å². The fourth-order valence-corrected chi connectivity index (χ4v) is 2.70. The van der Waals surface area contributed by atoms with Gasteiger partial charge in [-0.1, -0.05) is 36.4 Å². The molecule has 2 amide bonds. The van der Waals surface area contributed by atoms with E-state index in [1.807, 2.05) is 30.3 Å². The molecule has 1 aliphatic carbocycles. The summed E-state index contributed by atoms with van der Waals surface area (Å²) in [5, 5.41) is 15.0. The molecule has 0 bridgehead atoms. The van der Waals surface area contributed by atoms with Gasteiger partial charge in [-0.15, -0.1) is 0 Å². The van der Waals surface area contributed by atoms with E-state index in [9.17, 15) is 14.7 Å². The van der Waals surface area contributed by atoms with Gasteiger partial charge in [0.15, 0.2) is 0 Å². The second kappa shape index (κ2) is 7.17. The lowest BCUT2D eigenvalue weighted by molar-refractivity contribution is -0.121. The molecule has 1 saturated carbocycles. The smallest absolute Gasteiger partial charge is 0.251 e. The molecule has 0 heterocycles. The van der Waals surface area contributed by atoms with Crippen LogP contribution in [0.2, 0.25) is 0 Å². The molecule has 2 aromatic carbocycles. The summed E-state index contributed by atoms with van der Waals surface area (Å²) in [6.07, 6.45) is 2.21. The van der Waals surface area contributed by atoms with Crippen LogP contribution >= 0.6 is 0 Å². The van der Waals surface area contributed by atoms with Gasteiger partial charge < -0.3 is 15.7 Å². The molecular weight excluding hydrogens is 304 g/mol. The first kappa shape index (κ1) is 16.1. The third-order valence-corrected chi connectivity index (χ3v) is 4.09. The van der Waals surface area contributed by atoms with Crippen molar-refractivity contribution in [3.63, 3.8) is 0 Å². The SMILES string of the molecule is O=C(CNC(=O)c1cccc(O)c1)N[C@@H](c1ccccc1)C1CC1. The first-order chi connectivity index (χ1) is 11.6. The van der Waals surface area contributed by atoms with Crippen LogP contribution in [-0.4, -0.2) is 23.5 Å². The average Bonchev–Trinajstić information content (AvgIpc) is 3.43. The maximum Gasteiger partial charge on any atom is 0.251 e. The Labute approximate surface area is 140 Å². The summed E-state index contributed by atoms with van der Waals surface area (Å²) in [4.78, 5) is 24.2. The van der Waals surface area contributed by atoms with Crippen LogP contribution in [0, 0.1) is 5.92 Å². The predicted molar refractivity (Wildman–Crippen MR) is 90.5 cm³/mol. The van der Waals surface area contributed by atoms with E-state index in [2.05, 4.69) is 10.6 Å². The highest BCUT2D eigenvalue weighted by Gasteiger charge is 2.33. The Bertz CT molecular complexity index is 726. The van der Waals surface area contributed by atoms with Crippen molar-refractivity contribution in [3.05, 3.63) is 65.7 Å². The van der Waals surface area contributed by atoms with E-state index < -0.39 is 0 Å². The minimum Gasteiger partial charge on any atom is -0.508 e. The lowest BCUT2D eigenvalue weighted by Crippen LogP contribution is -2.39. The maximum absolute atomic E-state index is 12.2. The second-order valence-electron chi connectivity index (χ2n) is 6.03. The molecular formula is C19H20N2O3. The van der Waals surface area contributed by atoms with E-state index >= 15 is 0 Å². The molecule has 124 valence electrons. The summed E-state index contributed by atoms with van der Waals surface area (Å²) < 4.78 is 0. The second-order valence-corrected chi connectivity index (χ2v) is 6.03. The van der Waals surface area contributed by atoms with Crippen molar-refractivity contribution in [2.24, 2.45) is 5.92 Å². The van der Waals surface area contributed by atoms with Crippen LogP contribution in [0.15, 0.2) is 54.6 Å². The van der Waals surface area contributed by atoms with Crippen molar-refractivity contribution < 1.29 is 14.7 Å². The summed E-state index contributed by atoms with van der Waals surface area (Å²) in [5.74, 6) is -0.115. The van der Waals surface area contributed by atoms with Gasteiger partial charge in [0.25, 0.3) is 5.91 Å². The summed E-state index contributed by atoms with van der Waals surface area (Å²) in [7, 11) is 0. The van der Waals surface area contributed by atoms with Gasteiger partial charge in [0.1, 0.15) is 5.75 Å². The number of rotatable bonds is 6. The van der Waals surface area contributed by atoms with Crippen LogP contribution in [0.3, 0.4) is 0 Å². The number of aromatic hydroxyl groups is 1. The summed E-state index contributed by atoms with van der Waals surface area (Å²) >= 11 is 0. The molecule has 0 aliphatic heterocycles. The topological polar surface area (TPSA) is 78.4 Å². The molecule has 2 aromatic rings. The number of hydrogen-bond donors (Lipinski definition) is 3. The fraction of sp³-hybridized carbons (Fsp3) is 0.263. The first-order valence-corrected chi connectivity index (χ1v) is 8.05. The molecule has 1 aliphatic rings. The molecule has 3 N–H and O–H groups in total. The number of benzene rings is 2. The highest BCUT2D eigenvalue weighted by atomic mass is 16.3. The molecule has 24 heavy (non-hydrogen) atoms. The van der Waals surface area contributed by atoms with Crippen LogP contribution in [0.5, 0.6) is 5.75 Å². The Morgan fingerprint density at radius 2 is 1.83 bits per heavy atom. The fourth-order valence-electron chi connectivity index (χ4n) is 2.70. The van der Waals surface area contributed by atoms with E-state index in [-0.39, 0.29) is 30.2 Å². The summed E-state index contributed by atoms with van der Waals surface area (Å²) in [6, 6.07) is 15.9. The summed E-state index contributed by atoms with van der Waals surface area (Å²) in [6.45, 7) is -0.0927. The lowest BCUT2D eigenvalue weighted by Gasteiger charge is -2.19. The Kier molecular flexibility index (Phi) is 4.79. The molecule has 5 heteroatoms. The molecule has 0 spiro atoms. The van der Waals surface area contributed by atoms with Crippen LogP contribution in [0.4, 0.5) is 0 Å². The van der Waals surface area contributed by atoms with E-state index in [1.165, 1.54) is 12.1 Å². The van der Waals surface area contributed by atoms with Gasteiger partial charge in [0, 0.05) is 5.56 Å². The third-order valence-electron chi connectivity index (χ3n) is 4.09. The van der Waals surface area contributed by atoms with Crippen molar-refractivity contribution in [1.29, 1.82) is 0 Å². The number of phenols is 1. The third kappa shape index (κ3) is 4.13. The minimum atomic E-state index is -0.385. The van der Waals surface area contributed by atoms with Gasteiger partial charge in [0.2, 0.25) is 5.91 Å². The van der Waals surface area contributed by atoms with Crippen molar-refractivity contribution in [1.82, 2.24) is 10.6 Å². The zero-order valence-electron chi connectivity index (χ0n) is 13.2. The van der Waals surface area contributed by atoms with Gasteiger partial charge in [-0.05, 0) is 42.5 Å². The van der Waals surface area contributed by atoms with Crippen LogP contribution in [0.1, 0.15) is 34.8 Å². The van der Waals surface area contributed by atoms with E-state index in [0.717, 1.165) is 18.4 Å². The average molecular weight is 324 g/mol. The molecule has 0 saturated heterocycles. The normalized spacial score (nSPS) is 14.7. The number of hydrogen-bond acceptors (Lipinski definition) is 3. The Balaban J connectivity index is 1.56. The van der Waals surface area contributed by atoms with Gasteiger partial charge >= 0.3 is 0 Å². The molecule has 0 unspecified atom stereocenters. The molecule has 0 radical (unpaired) electrons. The highest BCUT2D eigenvalue weighted by Crippen LogP contribution is 2.40. The number of amides is 2. The molecule has 1 fully saturated rings. The van der Waals surface area contributed by atoms with Crippen molar-refractivity contribution in [2.75, 3.05) is 6.54 Å². The van der Waals surface area contributed by atoms with Crippen molar-refractivity contribution in [3.8, 4) is 5.75 Å². The lowest BCUT2D eigenvalue weighted by atomic mass is 10.0. The van der Waals surface area contributed by atoms with E-state index in [1.54, 1.807) is 12.1 Å². The first-order valence-electron chi connectivity index (χ1n) is 8.05. The Hall–Kier alpha value is -2.82. The molecule has 3 rings (SSSR count). The molecule has 5 nitrogen and oxygen atoms in total. The monoisotopic (exact) mass is 324 g/mol. The van der Waals surface area contributed by atoms with Crippen molar-refractivity contribution in [2.45, 2.75) is 18.9 Å². The van der Waals surface area contributed by atoms with E-state index in [4.69, 9.17) is 0 Å². The Morgan fingerprint density at radius 1 is 1.08 bits per heavy atom. The number of carbonyl (C=O) groups is 2. The van der Waals surface area contributed by atoms with Gasteiger partial charge in [-0.2, -0.15) is 0 Å². The van der Waals surface area contributed by atoms with E-state index in [0.29, 0.717) is 11.5 Å².